The fraction of sp³-hybridized carbons (Fsp3) is 0.571. The van der Waals surface area contributed by atoms with E-state index in [1.807, 2.05) is 11.0 Å². The van der Waals surface area contributed by atoms with Crippen molar-refractivity contribution in [1.29, 1.82) is 0 Å². The summed E-state index contributed by atoms with van der Waals surface area (Å²) < 4.78 is 0. The minimum absolute atomic E-state index is 0.0998. The minimum Gasteiger partial charge on any atom is -0.334 e. The monoisotopic (exact) mass is 297 g/mol. The lowest BCUT2D eigenvalue weighted by Crippen LogP contribution is -2.30. The van der Waals surface area contributed by atoms with Gasteiger partial charge in [0.15, 0.2) is 5.12 Å². The summed E-state index contributed by atoms with van der Waals surface area (Å²) >= 11 is 3.01. The van der Waals surface area contributed by atoms with E-state index in [4.69, 9.17) is 0 Å². The minimum atomic E-state index is 0.0998. The highest BCUT2D eigenvalue weighted by atomic mass is 32.2. The molecular formula is C14H19NO2S2. The average Bonchev–Trinajstić information content (AvgIpc) is 2.95. The molecule has 1 aliphatic rings. The second-order valence-corrected chi connectivity index (χ2v) is 7.26. The summed E-state index contributed by atoms with van der Waals surface area (Å²) in [5.74, 6) is 0.186. The first-order valence-electron chi connectivity index (χ1n) is 6.62. The summed E-state index contributed by atoms with van der Waals surface area (Å²) in [6, 6.07) is 4.32. The van der Waals surface area contributed by atoms with Crippen molar-refractivity contribution in [3.8, 4) is 0 Å². The summed E-state index contributed by atoms with van der Waals surface area (Å²) in [4.78, 5) is 26.6. The molecule has 1 aromatic heterocycles. The maximum Gasteiger partial charge on any atom is 0.224 e. The molecular weight excluding hydrogens is 278 g/mol. The van der Waals surface area contributed by atoms with Gasteiger partial charge in [0.1, 0.15) is 0 Å². The molecule has 0 N–H and O–H groups in total. The van der Waals surface area contributed by atoms with E-state index in [-0.39, 0.29) is 22.3 Å². The fourth-order valence-electron chi connectivity index (χ4n) is 2.52. The van der Waals surface area contributed by atoms with Gasteiger partial charge in [-0.05, 0) is 17.9 Å². The first kappa shape index (κ1) is 14.6. The lowest BCUT2D eigenvalue weighted by Gasteiger charge is -2.27. The van der Waals surface area contributed by atoms with E-state index in [2.05, 4.69) is 18.4 Å². The molecule has 1 amide bonds. The van der Waals surface area contributed by atoms with Gasteiger partial charge in [0, 0.05) is 30.0 Å². The molecule has 2 heterocycles. The van der Waals surface area contributed by atoms with Crippen LogP contribution in [0.1, 0.15) is 44.0 Å². The van der Waals surface area contributed by atoms with Crippen LogP contribution in [0.25, 0.3) is 0 Å². The van der Waals surface area contributed by atoms with E-state index in [1.54, 1.807) is 18.3 Å². The molecule has 0 radical (unpaired) electrons. The summed E-state index contributed by atoms with van der Waals surface area (Å²) in [6.07, 6.45) is 2.54. The number of thiophene rings is 1. The highest BCUT2D eigenvalue weighted by molar-refractivity contribution is 8.14. The molecule has 5 heteroatoms. The van der Waals surface area contributed by atoms with Crippen molar-refractivity contribution in [3.05, 3.63) is 22.4 Å². The molecule has 104 valence electrons. The topological polar surface area (TPSA) is 37.4 Å². The maximum atomic E-state index is 12.2. The van der Waals surface area contributed by atoms with Gasteiger partial charge in [-0.25, -0.2) is 0 Å². The molecule has 0 aromatic carbocycles. The zero-order valence-electron chi connectivity index (χ0n) is 11.3. The number of hydrogen-bond donors (Lipinski definition) is 0. The van der Waals surface area contributed by atoms with Gasteiger partial charge >= 0.3 is 0 Å². The largest absolute Gasteiger partial charge is 0.334 e. The van der Waals surface area contributed by atoms with Gasteiger partial charge in [-0.1, -0.05) is 31.2 Å². The molecule has 2 atom stereocenters. The highest BCUT2D eigenvalue weighted by Gasteiger charge is 2.35. The number of amides is 1. The van der Waals surface area contributed by atoms with Crippen LogP contribution in [0.4, 0.5) is 0 Å². The fourth-order valence-corrected chi connectivity index (χ4v) is 4.32. The van der Waals surface area contributed by atoms with Gasteiger partial charge in [0.2, 0.25) is 5.91 Å². The van der Waals surface area contributed by atoms with Gasteiger partial charge < -0.3 is 4.90 Å². The van der Waals surface area contributed by atoms with Crippen LogP contribution >= 0.6 is 23.1 Å². The average molecular weight is 297 g/mol. The standard InChI is InChI=1S/C14H19NO2S2/c1-3-5-12(13-6-4-7-18-13)15-9-11(8-14(15)17)19-10(2)16/h4,6-7,11-12H,3,5,8-9H2,1-2H3. The van der Waals surface area contributed by atoms with Crippen LogP contribution in [-0.2, 0) is 9.59 Å². The molecule has 0 bridgehead atoms. The van der Waals surface area contributed by atoms with Crippen molar-refractivity contribution in [2.45, 2.75) is 44.4 Å². The first-order valence-corrected chi connectivity index (χ1v) is 8.37. The molecule has 2 rings (SSSR count). The second-order valence-electron chi connectivity index (χ2n) is 4.80. The van der Waals surface area contributed by atoms with Gasteiger partial charge in [-0.15, -0.1) is 11.3 Å². The van der Waals surface area contributed by atoms with Crippen molar-refractivity contribution in [1.82, 2.24) is 4.90 Å². The van der Waals surface area contributed by atoms with Crippen molar-refractivity contribution >= 4 is 34.1 Å². The highest BCUT2D eigenvalue weighted by Crippen LogP contribution is 2.35. The quantitative estimate of drug-likeness (QED) is 0.835. The SMILES string of the molecule is CCCC(c1cccs1)N1CC(SC(C)=O)CC1=O. The van der Waals surface area contributed by atoms with E-state index < -0.39 is 0 Å². The predicted molar refractivity (Wildman–Crippen MR) is 80.4 cm³/mol. The molecule has 1 aromatic rings. The lowest BCUT2D eigenvalue weighted by atomic mass is 10.1. The Kier molecular flexibility index (Phi) is 5.05. The van der Waals surface area contributed by atoms with Crippen molar-refractivity contribution in [3.63, 3.8) is 0 Å². The van der Waals surface area contributed by atoms with E-state index >= 15 is 0 Å². The normalized spacial score (nSPS) is 20.8. The lowest BCUT2D eigenvalue weighted by molar-refractivity contribution is -0.129. The second kappa shape index (κ2) is 6.57. The summed E-state index contributed by atoms with van der Waals surface area (Å²) in [6.45, 7) is 4.41. The van der Waals surface area contributed by atoms with Crippen LogP contribution in [0, 0.1) is 0 Å². The van der Waals surface area contributed by atoms with Crippen molar-refractivity contribution in [2.75, 3.05) is 6.54 Å². The third kappa shape index (κ3) is 3.60. The van der Waals surface area contributed by atoms with Crippen LogP contribution in [0.3, 0.4) is 0 Å². The maximum absolute atomic E-state index is 12.2. The van der Waals surface area contributed by atoms with Crippen LogP contribution < -0.4 is 0 Å². The molecule has 0 spiro atoms. The van der Waals surface area contributed by atoms with E-state index in [0.717, 1.165) is 12.8 Å². The van der Waals surface area contributed by atoms with Crippen LogP contribution in [0.2, 0.25) is 0 Å². The Hall–Kier alpha value is -0.810. The molecule has 3 nitrogen and oxygen atoms in total. The zero-order valence-corrected chi connectivity index (χ0v) is 12.9. The molecule has 1 aliphatic heterocycles. The summed E-state index contributed by atoms with van der Waals surface area (Å²) in [7, 11) is 0. The molecule has 0 saturated carbocycles. The molecule has 0 aliphatic carbocycles. The molecule has 2 unspecified atom stereocenters. The number of rotatable bonds is 5. The summed E-state index contributed by atoms with van der Waals surface area (Å²) in [5, 5.41) is 2.28. The van der Waals surface area contributed by atoms with E-state index in [1.165, 1.54) is 16.6 Å². The number of carbonyl (C=O) groups excluding carboxylic acids is 2. The number of carbonyl (C=O) groups is 2. The summed E-state index contributed by atoms with van der Waals surface area (Å²) in [5.41, 5.74) is 0. The molecule has 1 saturated heterocycles. The van der Waals surface area contributed by atoms with E-state index in [9.17, 15) is 9.59 Å². The van der Waals surface area contributed by atoms with Crippen LogP contribution in [-0.4, -0.2) is 27.7 Å². The third-order valence-electron chi connectivity index (χ3n) is 3.27. The Morgan fingerprint density at radius 1 is 1.63 bits per heavy atom. The van der Waals surface area contributed by atoms with E-state index in [0.29, 0.717) is 13.0 Å². The predicted octanol–water partition coefficient (Wildman–Crippen LogP) is 3.47. The Morgan fingerprint density at radius 3 is 3.00 bits per heavy atom. The number of hydrogen-bond acceptors (Lipinski definition) is 4. The number of thioether (sulfide) groups is 1. The van der Waals surface area contributed by atoms with Crippen LogP contribution in [0.5, 0.6) is 0 Å². The molecule has 1 fully saturated rings. The van der Waals surface area contributed by atoms with Gasteiger partial charge in [0.25, 0.3) is 0 Å². The van der Waals surface area contributed by atoms with Gasteiger partial charge in [0.05, 0.1) is 6.04 Å². The third-order valence-corrected chi connectivity index (χ3v) is 5.22. The first-order chi connectivity index (χ1) is 9.11. The van der Waals surface area contributed by atoms with Gasteiger partial charge in [-0.3, -0.25) is 9.59 Å². The Labute approximate surface area is 122 Å². The Balaban J connectivity index is 2.10. The van der Waals surface area contributed by atoms with Crippen molar-refractivity contribution < 1.29 is 9.59 Å². The number of likely N-dealkylation sites (tertiary alicyclic amines) is 1. The van der Waals surface area contributed by atoms with Crippen LogP contribution in [0.15, 0.2) is 17.5 Å². The molecule has 19 heavy (non-hydrogen) atoms. The Bertz CT molecular complexity index is 444. The Morgan fingerprint density at radius 2 is 2.42 bits per heavy atom. The van der Waals surface area contributed by atoms with Crippen molar-refractivity contribution in [2.24, 2.45) is 0 Å². The zero-order chi connectivity index (χ0) is 13.8. The number of nitrogens with zero attached hydrogens (tertiary/aromatic N) is 1. The van der Waals surface area contributed by atoms with Gasteiger partial charge in [-0.2, -0.15) is 0 Å². The smallest absolute Gasteiger partial charge is 0.224 e.